The molecule has 0 spiro atoms. The van der Waals surface area contributed by atoms with E-state index >= 15 is 0 Å². The number of aromatic nitrogens is 7. The minimum atomic E-state index is -0.0943. The fourth-order valence-corrected chi connectivity index (χ4v) is 4.63. The number of hydrogen-bond donors (Lipinski definition) is 1. The lowest BCUT2D eigenvalue weighted by atomic mass is 10.0. The average Bonchev–Trinajstić information content (AvgIpc) is 3.53. The summed E-state index contributed by atoms with van der Waals surface area (Å²) >= 11 is 6.77. The summed E-state index contributed by atoms with van der Waals surface area (Å²) in [5.41, 5.74) is 5.32. The van der Waals surface area contributed by atoms with Gasteiger partial charge in [0, 0.05) is 17.3 Å². The zero-order valence-corrected chi connectivity index (χ0v) is 20.7. The highest BCUT2D eigenvalue weighted by Gasteiger charge is 2.19. The van der Waals surface area contributed by atoms with Crippen molar-refractivity contribution in [2.45, 2.75) is 39.3 Å². The van der Waals surface area contributed by atoms with Crippen LogP contribution in [0.3, 0.4) is 0 Å². The Hall–Kier alpha value is -4.04. The van der Waals surface area contributed by atoms with Crippen LogP contribution in [0.4, 0.5) is 0 Å². The second kappa shape index (κ2) is 10.7. The fourth-order valence-electron chi connectivity index (χ4n) is 4.30. The molecule has 0 radical (unpaired) electrons. The summed E-state index contributed by atoms with van der Waals surface area (Å²) in [7, 11) is 0. The van der Waals surface area contributed by atoms with Crippen LogP contribution in [0.15, 0.2) is 77.7 Å². The van der Waals surface area contributed by atoms with Gasteiger partial charge in [-0.2, -0.15) is 5.21 Å². The molecule has 5 rings (SSSR count). The Morgan fingerprint density at radius 2 is 1.67 bits per heavy atom. The minimum absolute atomic E-state index is 0.0943. The first-order valence-electron chi connectivity index (χ1n) is 12.0. The number of aromatic amines is 1. The first-order valence-corrected chi connectivity index (χ1v) is 12.3. The lowest BCUT2D eigenvalue weighted by Gasteiger charge is -2.09. The molecular weight excluding hydrogens is 474 g/mol. The van der Waals surface area contributed by atoms with Crippen molar-refractivity contribution in [3.05, 3.63) is 105 Å². The third-order valence-electron chi connectivity index (χ3n) is 6.18. The number of nitrogens with zero attached hydrogens (tertiary/aromatic N) is 6. The second-order valence-corrected chi connectivity index (χ2v) is 8.97. The number of tetrazole rings is 1. The number of halogens is 1. The van der Waals surface area contributed by atoms with E-state index in [0.29, 0.717) is 24.1 Å². The van der Waals surface area contributed by atoms with Crippen molar-refractivity contribution in [1.82, 2.24) is 34.7 Å². The second-order valence-electron chi connectivity index (χ2n) is 8.61. The van der Waals surface area contributed by atoms with Crippen LogP contribution in [0, 0.1) is 0 Å². The number of H-pyrrole nitrogens is 1. The Bertz CT molecular complexity index is 1490. The molecule has 0 fully saturated rings. The number of unbranched alkanes of at least 4 members (excludes halogenated alkanes) is 1. The summed E-state index contributed by atoms with van der Waals surface area (Å²) < 4.78 is 3.47. The van der Waals surface area contributed by atoms with E-state index in [1.807, 2.05) is 66.7 Å². The van der Waals surface area contributed by atoms with Gasteiger partial charge in [-0.25, -0.2) is 4.79 Å². The molecule has 0 atom stereocenters. The van der Waals surface area contributed by atoms with Gasteiger partial charge < -0.3 is 0 Å². The molecule has 3 heterocycles. The maximum absolute atomic E-state index is 13.5. The number of benzene rings is 2. The predicted octanol–water partition coefficient (Wildman–Crippen LogP) is 4.98. The number of hydrogen-bond acceptors (Lipinski definition) is 5. The topological polar surface area (TPSA) is 94.3 Å². The maximum atomic E-state index is 13.5. The summed E-state index contributed by atoms with van der Waals surface area (Å²) in [5.74, 6) is 0.490. The van der Waals surface area contributed by atoms with Gasteiger partial charge in [-0.05, 0) is 41.3 Å². The van der Waals surface area contributed by atoms with Gasteiger partial charge in [0.25, 0.3) is 0 Å². The largest absolute Gasteiger partial charge is 0.330 e. The molecule has 9 heteroatoms. The van der Waals surface area contributed by atoms with E-state index < -0.39 is 0 Å². The Morgan fingerprint density at radius 3 is 2.39 bits per heavy atom. The van der Waals surface area contributed by atoms with Crippen LogP contribution in [0.5, 0.6) is 0 Å². The van der Waals surface area contributed by atoms with Crippen molar-refractivity contribution in [3.8, 4) is 22.6 Å². The highest BCUT2D eigenvalue weighted by molar-refractivity contribution is 6.30. The van der Waals surface area contributed by atoms with Gasteiger partial charge in [-0.15, -0.1) is 10.2 Å². The molecule has 8 nitrogen and oxygen atoms in total. The third-order valence-corrected chi connectivity index (χ3v) is 6.60. The van der Waals surface area contributed by atoms with E-state index in [9.17, 15) is 4.79 Å². The normalized spacial score (nSPS) is 11.2. The molecule has 5 aromatic rings. The van der Waals surface area contributed by atoms with Gasteiger partial charge in [0.15, 0.2) is 0 Å². The molecule has 0 bridgehead atoms. The van der Waals surface area contributed by atoms with Crippen molar-refractivity contribution < 1.29 is 0 Å². The zero-order valence-electron chi connectivity index (χ0n) is 19.9. The monoisotopic (exact) mass is 499 g/mol. The molecule has 0 saturated heterocycles. The van der Waals surface area contributed by atoms with Crippen molar-refractivity contribution in [1.29, 1.82) is 0 Å². The van der Waals surface area contributed by atoms with Crippen molar-refractivity contribution in [2.75, 3.05) is 0 Å². The van der Waals surface area contributed by atoms with Crippen LogP contribution in [0.25, 0.3) is 22.6 Å². The van der Waals surface area contributed by atoms with Gasteiger partial charge in [0.1, 0.15) is 5.15 Å². The molecular formula is C27H26ClN7O. The Kier molecular flexibility index (Phi) is 7.04. The van der Waals surface area contributed by atoms with E-state index in [4.69, 9.17) is 11.6 Å². The van der Waals surface area contributed by atoms with Gasteiger partial charge in [-0.3, -0.25) is 14.1 Å². The highest BCUT2D eigenvalue weighted by atomic mass is 35.5. The van der Waals surface area contributed by atoms with E-state index in [-0.39, 0.29) is 5.69 Å². The van der Waals surface area contributed by atoms with Crippen LogP contribution in [0.1, 0.15) is 36.6 Å². The van der Waals surface area contributed by atoms with Crippen LogP contribution in [-0.4, -0.2) is 34.7 Å². The highest BCUT2D eigenvalue weighted by Crippen LogP contribution is 2.28. The van der Waals surface area contributed by atoms with E-state index in [1.54, 1.807) is 15.3 Å². The fraction of sp³-hybridized carbons (Fsp3) is 0.222. The number of rotatable bonds is 9. The van der Waals surface area contributed by atoms with Gasteiger partial charge in [0.05, 0.1) is 24.5 Å². The van der Waals surface area contributed by atoms with Crippen LogP contribution >= 0.6 is 11.6 Å². The molecule has 0 aliphatic carbocycles. The Morgan fingerprint density at radius 1 is 0.917 bits per heavy atom. The van der Waals surface area contributed by atoms with Crippen molar-refractivity contribution in [3.63, 3.8) is 0 Å². The molecule has 0 saturated carbocycles. The molecule has 0 amide bonds. The van der Waals surface area contributed by atoms with Crippen molar-refractivity contribution in [2.24, 2.45) is 0 Å². The van der Waals surface area contributed by atoms with E-state index in [1.165, 1.54) is 0 Å². The first kappa shape index (κ1) is 23.7. The lowest BCUT2D eigenvalue weighted by molar-refractivity contribution is 0.655. The molecule has 2 aromatic carbocycles. The van der Waals surface area contributed by atoms with Gasteiger partial charge in [0.2, 0.25) is 5.82 Å². The van der Waals surface area contributed by atoms with E-state index in [0.717, 1.165) is 52.9 Å². The van der Waals surface area contributed by atoms with Crippen molar-refractivity contribution >= 4 is 11.6 Å². The molecule has 0 aliphatic heterocycles. The maximum Gasteiger partial charge on any atom is 0.330 e. The van der Waals surface area contributed by atoms with Crippen LogP contribution in [0.2, 0.25) is 5.15 Å². The summed E-state index contributed by atoms with van der Waals surface area (Å²) in [6.45, 7) is 3.03. The standard InChI is InChI=1S/C27H26ClN7O/c1-2-3-11-23-25(28)35(18-19-8-5-4-6-9-19)27(36)34(23)17-20-12-14-21(15-13-20)24-22(10-7-16-29-24)26-30-32-33-31-26/h4-10,12-16H,2-3,11,17-18H2,1H3,(H,30,31,32,33). The smallest absolute Gasteiger partial charge is 0.290 e. The average molecular weight is 500 g/mol. The molecule has 3 aromatic heterocycles. The number of pyridine rings is 1. The van der Waals surface area contributed by atoms with Gasteiger partial charge in [-0.1, -0.05) is 79.5 Å². The quantitative estimate of drug-likeness (QED) is 0.308. The Balaban J connectivity index is 1.45. The minimum Gasteiger partial charge on any atom is -0.290 e. The summed E-state index contributed by atoms with van der Waals surface area (Å²) in [6, 6.07) is 21.7. The predicted molar refractivity (Wildman–Crippen MR) is 140 cm³/mol. The number of imidazole rings is 1. The molecule has 1 N–H and O–H groups in total. The number of nitrogens with one attached hydrogen (secondary N) is 1. The summed E-state index contributed by atoms with van der Waals surface area (Å²) in [5, 5.41) is 14.8. The lowest BCUT2D eigenvalue weighted by Crippen LogP contribution is -2.26. The molecule has 36 heavy (non-hydrogen) atoms. The molecule has 0 aliphatic rings. The Labute approximate surface area is 213 Å². The first-order chi connectivity index (χ1) is 17.7. The van der Waals surface area contributed by atoms with E-state index in [2.05, 4.69) is 32.5 Å². The van der Waals surface area contributed by atoms with Crippen LogP contribution in [-0.2, 0) is 19.5 Å². The van der Waals surface area contributed by atoms with Crippen LogP contribution < -0.4 is 5.69 Å². The molecule has 0 unspecified atom stereocenters. The summed E-state index contributed by atoms with van der Waals surface area (Å²) in [6.07, 6.45) is 4.48. The zero-order chi connectivity index (χ0) is 24.9. The summed E-state index contributed by atoms with van der Waals surface area (Å²) in [4.78, 5) is 18.0. The third kappa shape index (κ3) is 4.85. The molecule has 182 valence electrons. The SMILES string of the molecule is CCCCc1c(Cl)n(Cc2ccccc2)c(=O)n1Cc1ccc(-c2ncccc2-c2nn[nH]n2)cc1. The van der Waals surface area contributed by atoms with Gasteiger partial charge >= 0.3 is 5.69 Å².